The summed E-state index contributed by atoms with van der Waals surface area (Å²) in [5.41, 5.74) is 11.3. The lowest BCUT2D eigenvalue weighted by Gasteiger charge is -2.13. The molecule has 0 aliphatic carbocycles. The third-order valence-corrected chi connectivity index (χ3v) is 4.07. The lowest BCUT2D eigenvalue weighted by atomic mass is 10.0. The van der Waals surface area contributed by atoms with E-state index in [-0.39, 0.29) is 0 Å². The van der Waals surface area contributed by atoms with Gasteiger partial charge in [0.05, 0.1) is 11.0 Å². The summed E-state index contributed by atoms with van der Waals surface area (Å²) in [4.78, 5) is 4.90. The SMILES string of the molecule is CC(C)c1ccc2c(c1)nc(-c1ccc(N)cc1)n2C(C)C. The van der Waals surface area contributed by atoms with Gasteiger partial charge in [-0.1, -0.05) is 19.9 Å². The van der Waals surface area contributed by atoms with Gasteiger partial charge in [0.25, 0.3) is 0 Å². The fraction of sp³-hybridized carbons (Fsp3) is 0.316. The fourth-order valence-electron chi connectivity index (χ4n) is 2.83. The first-order valence-electron chi connectivity index (χ1n) is 7.85. The Balaban J connectivity index is 2.24. The molecule has 3 nitrogen and oxygen atoms in total. The molecule has 0 unspecified atom stereocenters. The molecule has 0 saturated carbocycles. The van der Waals surface area contributed by atoms with Crippen LogP contribution in [0.15, 0.2) is 42.5 Å². The smallest absolute Gasteiger partial charge is 0.141 e. The molecule has 2 N–H and O–H groups in total. The minimum absolute atomic E-state index is 0.349. The van der Waals surface area contributed by atoms with Gasteiger partial charge in [-0.25, -0.2) is 4.98 Å². The van der Waals surface area contributed by atoms with Gasteiger partial charge in [0.2, 0.25) is 0 Å². The molecule has 0 spiro atoms. The number of aromatic nitrogens is 2. The number of benzene rings is 2. The number of anilines is 1. The first-order valence-corrected chi connectivity index (χ1v) is 7.85. The summed E-state index contributed by atoms with van der Waals surface area (Å²) in [6.45, 7) is 8.81. The Morgan fingerprint density at radius 1 is 0.955 bits per heavy atom. The van der Waals surface area contributed by atoms with Crippen LogP contribution >= 0.6 is 0 Å². The molecule has 2 aromatic carbocycles. The summed E-state index contributed by atoms with van der Waals surface area (Å²) in [7, 11) is 0. The molecule has 3 rings (SSSR count). The van der Waals surface area contributed by atoms with Crippen LogP contribution < -0.4 is 5.73 Å². The maximum atomic E-state index is 5.80. The van der Waals surface area contributed by atoms with E-state index in [4.69, 9.17) is 10.7 Å². The molecule has 0 bridgehead atoms. The highest BCUT2D eigenvalue weighted by Crippen LogP contribution is 2.30. The molecule has 0 fully saturated rings. The molecule has 0 aliphatic rings. The number of imidazole rings is 1. The monoisotopic (exact) mass is 293 g/mol. The van der Waals surface area contributed by atoms with Gasteiger partial charge in [0.15, 0.2) is 0 Å². The second-order valence-electron chi connectivity index (χ2n) is 6.42. The third kappa shape index (κ3) is 2.47. The van der Waals surface area contributed by atoms with Gasteiger partial charge >= 0.3 is 0 Å². The van der Waals surface area contributed by atoms with Gasteiger partial charge < -0.3 is 10.3 Å². The predicted octanol–water partition coefficient (Wildman–Crippen LogP) is 4.99. The first kappa shape index (κ1) is 14.6. The van der Waals surface area contributed by atoms with Gasteiger partial charge in [0.1, 0.15) is 5.82 Å². The quantitative estimate of drug-likeness (QED) is 0.691. The highest BCUT2D eigenvalue weighted by molar-refractivity contribution is 5.82. The number of nitrogen functional groups attached to an aromatic ring is 1. The molecule has 0 atom stereocenters. The molecule has 0 saturated heterocycles. The van der Waals surface area contributed by atoms with E-state index in [0.717, 1.165) is 22.6 Å². The molecule has 3 aromatic rings. The summed E-state index contributed by atoms with van der Waals surface area (Å²) >= 11 is 0. The van der Waals surface area contributed by atoms with Crippen molar-refractivity contribution < 1.29 is 0 Å². The number of fused-ring (bicyclic) bond motifs is 1. The zero-order valence-electron chi connectivity index (χ0n) is 13.7. The van der Waals surface area contributed by atoms with E-state index < -0.39 is 0 Å². The van der Waals surface area contributed by atoms with Crippen molar-refractivity contribution in [2.45, 2.75) is 39.7 Å². The Bertz CT molecular complexity index is 795. The molecule has 22 heavy (non-hydrogen) atoms. The number of hydrogen-bond donors (Lipinski definition) is 1. The van der Waals surface area contributed by atoms with Crippen molar-refractivity contribution in [3.8, 4) is 11.4 Å². The van der Waals surface area contributed by atoms with Crippen LogP contribution in [-0.4, -0.2) is 9.55 Å². The molecule has 114 valence electrons. The van der Waals surface area contributed by atoms with Gasteiger partial charge in [-0.2, -0.15) is 0 Å². The fourth-order valence-corrected chi connectivity index (χ4v) is 2.83. The molecule has 1 heterocycles. The Labute approximate surface area is 131 Å². The van der Waals surface area contributed by atoms with Crippen LogP contribution in [0.25, 0.3) is 22.4 Å². The Morgan fingerprint density at radius 3 is 2.23 bits per heavy atom. The number of rotatable bonds is 3. The van der Waals surface area contributed by atoms with Crippen LogP contribution in [0.5, 0.6) is 0 Å². The minimum Gasteiger partial charge on any atom is -0.399 e. The van der Waals surface area contributed by atoms with E-state index in [2.05, 4.69) is 50.5 Å². The van der Waals surface area contributed by atoms with Crippen molar-refractivity contribution in [2.24, 2.45) is 0 Å². The van der Waals surface area contributed by atoms with Crippen molar-refractivity contribution in [3.63, 3.8) is 0 Å². The topological polar surface area (TPSA) is 43.8 Å². The average molecular weight is 293 g/mol. The maximum absolute atomic E-state index is 5.80. The highest BCUT2D eigenvalue weighted by atomic mass is 15.1. The van der Waals surface area contributed by atoms with E-state index in [9.17, 15) is 0 Å². The van der Waals surface area contributed by atoms with E-state index in [1.54, 1.807) is 0 Å². The summed E-state index contributed by atoms with van der Waals surface area (Å²) in [6.07, 6.45) is 0. The summed E-state index contributed by atoms with van der Waals surface area (Å²) in [6, 6.07) is 14.9. The predicted molar refractivity (Wildman–Crippen MR) is 94.1 cm³/mol. The third-order valence-electron chi connectivity index (χ3n) is 4.07. The number of nitrogens with zero attached hydrogens (tertiary/aromatic N) is 2. The van der Waals surface area contributed by atoms with Crippen molar-refractivity contribution in [3.05, 3.63) is 48.0 Å². The first-order chi connectivity index (χ1) is 10.5. The lowest BCUT2D eigenvalue weighted by Crippen LogP contribution is -2.03. The van der Waals surface area contributed by atoms with E-state index >= 15 is 0 Å². The maximum Gasteiger partial charge on any atom is 0.141 e. The Kier molecular flexibility index (Phi) is 3.65. The molecule has 3 heteroatoms. The Morgan fingerprint density at radius 2 is 1.64 bits per heavy atom. The van der Waals surface area contributed by atoms with E-state index in [1.807, 2.05) is 24.3 Å². The summed E-state index contributed by atoms with van der Waals surface area (Å²) < 4.78 is 2.30. The van der Waals surface area contributed by atoms with Gasteiger partial charge in [-0.15, -0.1) is 0 Å². The number of hydrogen-bond acceptors (Lipinski definition) is 2. The standard InChI is InChI=1S/C19H23N3/c1-12(2)15-7-10-18-17(11-15)21-19(22(18)13(3)4)14-5-8-16(20)9-6-14/h5-13H,20H2,1-4H3. The van der Waals surface area contributed by atoms with Crippen LogP contribution in [-0.2, 0) is 0 Å². The second-order valence-corrected chi connectivity index (χ2v) is 6.42. The van der Waals surface area contributed by atoms with Crippen LogP contribution in [0.4, 0.5) is 5.69 Å². The van der Waals surface area contributed by atoms with Crippen molar-refractivity contribution in [1.82, 2.24) is 9.55 Å². The molecule has 0 amide bonds. The molecule has 0 radical (unpaired) electrons. The zero-order chi connectivity index (χ0) is 15.9. The average Bonchev–Trinajstić information content (AvgIpc) is 2.86. The van der Waals surface area contributed by atoms with E-state index in [1.165, 1.54) is 11.1 Å². The van der Waals surface area contributed by atoms with Crippen molar-refractivity contribution >= 4 is 16.7 Å². The van der Waals surface area contributed by atoms with Crippen LogP contribution in [0, 0.1) is 0 Å². The largest absolute Gasteiger partial charge is 0.399 e. The molecular weight excluding hydrogens is 270 g/mol. The second kappa shape index (κ2) is 5.48. The molecule has 1 aromatic heterocycles. The van der Waals surface area contributed by atoms with Crippen LogP contribution in [0.2, 0.25) is 0 Å². The summed E-state index contributed by atoms with van der Waals surface area (Å²) in [5, 5.41) is 0. The van der Waals surface area contributed by atoms with Gasteiger partial charge in [0, 0.05) is 17.3 Å². The Hall–Kier alpha value is -2.29. The van der Waals surface area contributed by atoms with Crippen LogP contribution in [0.1, 0.15) is 45.2 Å². The normalized spacial score (nSPS) is 11.7. The lowest BCUT2D eigenvalue weighted by molar-refractivity contribution is 0.624. The zero-order valence-corrected chi connectivity index (χ0v) is 13.7. The summed E-state index contributed by atoms with van der Waals surface area (Å²) in [5.74, 6) is 1.51. The number of nitrogens with two attached hydrogens (primary N) is 1. The molecular formula is C19H23N3. The van der Waals surface area contributed by atoms with Crippen molar-refractivity contribution in [1.29, 1.82) is 0 Å². The van der Waals surface area contributed by atoms with Crippen LogP contribution in [0.3, 0.4) is 0 Å². The van der Waals surface area contributed by atoms with Crippen molar-refractivity contribution in [2.75, 3.05) is 5.73 Å². The van der Waals surface area contributed by atoms with E-state index in [0.29, 0.717) is 12.0 Å². The minimum atomic E-state index is 0.349. The van der Waals surface area contributed by atoms with Gasteiger partial charge in [-0.3, -0.25) is 0 Å². The highest BCUT2D eigenvalue weighted by Gasteiger charge is 2.15. The van der Waals surface area contributed by atoms with Gasteiger partial charge in [-0.05, 0) is 61.7 Å². The molecule has 0 aliphatic heterocycles.